The number of aromatic nitrogens is 2. The number of H-pyrrole nitrogens is 1. The van der Waals surface area contributed by atoms with Crippen LogP contribution in [-0.2, 0) is 9.53 Å². The fraction of sp³-hybridized carbons (Fsp3) is 0.438. The highest BCUT2D eigenvalue weighted by atomic mass is 19.3. The van der Waals surface area contributed by atoms with Crippen LogP contribution in [0.5, 0.6) is 0 Å². The lowest BCUT2D eigenvalue weighted by Crippen LogP contribution is -2.41. The second kappa shape index (κ2) is 6.18. The van der Waals surface area contributed by atoms with E-state index in [-0.39, 0.29) is 31.9 Å². The number of para-hydroxylation sites is 2. The van der Waals surface area contributed by atoms with E-state index in [1.54, 1.807) is 24.3 Å². The van der Waals surface area contributed by atoms with Gasteiger partial charge in [0.1, 0.15) is 0 Å². The number of alkyl halides is 2. The van der Waals surface area contributed by atoms with Gasteiger partial charge in [-0.2, -0.15) is 8.78 Å². The summed E-state index contributed by atoms with van der Waals surface area (Å²) in [7, 11) is 0. The lowest BCUT2D eigenvalue weighted by Gasteiger charge is -2.21. The molecule has 0 spiro atoms. The first-order valence-electron chi connectivity index (χ1n) is 7.72. The Bertz CT molecular complexity index is 742. The molecule has 1 aliphatic heterocycles. The number of rotatable bonds is 4. The minimum atomic E-state index is -3.60. The molecular weight excluding hydrogens is 320 g/mol. The van der Waals surface area contributed by atoms with E-state index in [0.717, 1.165) is 0 Å². The van der Waals surface area contributed by atoms with Crippen molar-refractivity contribution in [3.8, 4) is 0 Å². The van der Waals surface area contributed by atoms with Crippen LogP contribution in [0.3, 0.4) is 0 Å². The van der Waals surface area contributed by atoms with Gasteiger partial charge in [0, 0.05) is 13.1 Å². The number of benzene rings is 1. The highest BCUT2D eigenvalue weighted by Crippen LogP contribution is 2.34. The van der Waals surface area contributed by atoms with Gasteiger partial charge in [0.15, 0.2) is 5.82 Å². The number of carbonyl (C=O) groups is 2. The third-order valence-corrected chi connectivity index (χ3v) is 4.13. The Labute approximate surface area is 136 Å². The first-order valence-corrected chi connectivity index (χ1v) is 7.72. The Morgan fingerprint density at radius 1 is 1.42 bits per heavy atom. The summed E-state index contributed by atoms with van der Waals surface area (Å²) >= 11 is 0. The zero-order valence-electron chi connectivity index (χ0n) is 13.1. The number of nitrogens with one attached hydrogen (secondary N) is 1. The van der Waals surface area contributed by atoms with Gasteiger partial charge in [0.05, 0.1) is 23.6 Å². The van der Waals surface area contributed by atoms with E-state index in [2.05, 4.69) is 14.7 Å². The van der Waals surface area contributed by atoms with E-state index in [9.17, 15) is 18.4 Å². The van der Waals surface area contributed by atoms with Crippen LogP contribution in [0, 0.1) is 5.92 Å². The van der Waals surface area contributed by atoms with E-state index in [1.807, 2.05) is 0 Å². The number of imidazole rings is 1. The van der Waals surface area contributed by atoms with Crippen molar-refractivity contribution >= 4 is 22.9 Å². The molecular formula is C16H17F2N3O3. The van der Waals surface area contributed by atoms with Crippen molar-refractivity contribution in [1.82, 2.24) is 14.9 Å². The van der Waals surface area contributed by atoms with Crippen molar-refractivity contribution in [3.63, 3.8) is 0 Å². The van der Waals surface area contributed by atoms with Crippen LogP contribution in [0.25, 0.3) is 11.0 Å². The molecule has 24 heavy (non-hydrogen) atoms. The molecule has 1 fully saturated rings. The van der Waals surface area contributed by atoms with Gasteiger partial charge in [-0.15, -0.1) is 0 Å². The summed E-state index contributed by atoms with van der Waals surface area (Å²) < 4.78 is 32.6. The van der Waals surface area contributed by atoms with Crippen molar-refractivity contribution in [2.45, 2.75) is 19.3 Å². The lowest BCUT2D eigenvalue weighted by molar-refractivity contribution is -0.179. The Hall–Kier alpha value is -2.51. The van der Waals surface area contributed by atoms with Gasteiger partial charge in [-0.1, -0.05) is 12.1 Å². The maximum Gasteiger partial charge on any atom is 0.377 e. The molecule has 2 aromatic rings. The summed E-state index contributed by atoms with van der Waals surface area (Å²) in [4.78, 5) is 32.2. The predicted molar refractivity (Wildman–Crippen MR) is 81.7 cm³/mol. The Balaban J connectivity index is 1.73. The average Bonchev–Trinajstić information content (AvgIpc) is 3.21. The molecule has 6 nitrogen and oxygen atoms in total. The normalized spacial score (nSPS) is 18.1. The van der Waals surface area contributed by atoms with Crippen LogP contribution in [0.1, 0.15) is 24.0 Å². The van der Waals surface area contributed by atoms with Crippen LogP contribution in [0.2, 0.25) is 0 Å². The summed E-state index contributed by atoms with van der Waals surface area (Å²) in [6, 6.07) is 7.13. The third-order valence-electron chi connectivity index (χ3n) is 4.13. The van der Waals surface area contributed by atoms with Gasteiger partial charge in [-0.05, 0) is 25.5 Å². The fourth-order valence-corrected chi connectivity index (χ4v) is 2.84. The Morgan fingerprint density at radius 2 is 2.17 bits per heavy atom. The number of nitrogens with zero attached hydrogens (tertiary/aromatic N) is 2. The summed E-state index contributed by atoms with van der Waals surface area (Å²) in [5, 5.41) is 0. The molecule has 1 atom stereocenters. The molecule has 0 bridgehead atoms. The SMILES string of the molecule is CCOC(=O)C(F)(F)C1CCN(C(=O)c2nc3ccccc3[nH]2)C1. The van der Waals surface area contributed by atoms with Crippen LogP contribution in [0.4, 0.5) is 8.78 Å². The van der Waals surface area contributed by atoms with Crippen LogP contribution in [-0.4, -0.2) is 52.4 Å². The number of halogens is 2. The molecule has 1 aromatic heterocycles. The fourth-order valence-electron chi connectivity index (χ4n) is 2.84. The molecule has 1 saturated heterocycles. The third kappa shape index (κ3) is 2.83. The van der Waals surface area contributed by atoms with Gasteiger partial charge >= 0.3 is 11.9 Å². The lowest BCUT2D eigenvalue weighted by atomic mass is 10.0. The van der Waals surface area contributed by atoms with Gasteiger partial charge in [0.25, 0.3) is 5.91 Å². The minimum absolute atomic E-state index is 0.0395. The number of hydrogen-bond donors (Lipinski definition) is 1. The first-order chi connectivity index (χ1) is 11.4. The van der Waals surface area contributed by atoms with Gasteiger partial charge in [-0.3, -0.25) is 4.79 Å². The maximum absolute atomic E-state index is 14.1. The molecule has 1 aromatic carbocycles. The quantitative estimate of drug-likeness (QED) is 0.868. The van der Waals surface area contributed by atoms with Crippen molar-refractivity contribution in [1.29, 1.82) is 0 Å². The van der Waals surface area contributed by atoms with Crippen molar-refractivity contribution < 1.29 is 23.1 Å². The van der Waals surface area contributed by atoms with E-state index in [4.69, 9.17) is 0 Å². The second-order valence-corrected chi connectivity index (χ2v) is 5.68. The van der Waals surface area contributed by atoms with E-state index >= 15 is 0 Å². The molecule has 1 aliphatic rings. The highest BCUT2D eigenvalue weighted by molar-refractivity contribution is 5.94. The van der Waals surface area contributed by atoms with E-state index < -0.39 is 23.7 Å². The van der Waals surface area contributed by atoms with Gasteiger partial charge < -0.3 is 14.6 Å². The molecule has 1 amide bonds. The summed E-state index contributed by atoms with van der Waals surface area (Å²) in [6.07, 6.45) is 0.0395. The largest absolute Gasteiger partial charge is 0.462 e. The Kier molecular flexibility index (Phi) is 4.21. The number of amides is 1. The van der Waals surface area contributed by atoms with Crippen LogP contribution < -0.4 is 0 Å². The number of carbonyl (C=O) groups excluding carboxylic acids is 2. The number of esters is 1. The summed E-state index contributed by atoms with van der Waals surface area (Å²) in [6.45, 7) is 1.31. The number of aromatic amines is 1. The molecule has 3 rings (SSSR count). The van der Waals surface area contributed by atoms with Gasteiger partial charge in [-0.25, -0.2) is 9.78 Å². The number of fused-ring (bicyclic) bond motifs is 1. The number of hydrogen-bond acceptors (Lipinski definition) is 4. The van der Waals surface area contributed by atoms with Crippen molar-refractivity contribution in [2.24, 2.45) is 5.92 Å². The van der Waals surface area contributed by atoms with Crippen molar-refractivity contribution in [3.05, 3.63) is 30.1 Å². The molecule has 2 heterocycles. The molecule has 0 radical (unpaired) electrons. The number of likely N-dealkylation sites (tertiary alicyclic amines) is 1. The zero-order chi connectivity index (χ0) is 17.3. The topological polar surface area (TPSA) is 75.3 Å². The standard InChI is InChI=1S/C16H17F2N3O3/c1-2-24-15(23)16(17,18)10-7-8-21(9-10)14(22)13-19-11-5-3-4-6-12(11)20-13/h3-6,10H,2,7-9H2,1H3,(H,19,20). The van der Waals surface area contributed by atoms with Gasteiger partial charge in [0.2, 0.25) is 0 Å². The molecule has 1 N–H and O–H groups in total. The van der Waals surface area contributed by atoms with E-state index in [1.165, 1.54) is 11.8 Å². The molecule has 8 heteroatoms. The zero-order valence-corrected chi connectivity index (χ0v) is 13.1. The van der Waals surface area contributed by atoms with E-state index in [0.29, 0.717) is 11.0 Å². The average molecular weight is 337 g/mol. The molecule has 0 aliphatic carbocycles. The highest BCUT2D eigenvalue weighted by Gasteiger charge is 2.51. The molecule has 1 unspecified atom stereocenters. The smallest absolute Gasteiger partial charge is 0.377 e. The summed E-state index contributed by atoms with van der Waals surface area (Å²) in [5.74, 6) is -6.72. The second-order valence-electron chi connectivity index (χ2n) is 5.68. The van der Waals surface area contributed by atoms with Crippen LogP contribution >= 0.6 is 0 Å². The Morgan fingerprint density at radius 3 is 2.88 bits per heavy atom. The van der Waals surface area contributed by atoms with Crippen molar-refractivity contribution in [2.75, 3.05) is 19.7 Å². The predicted octanol–water partition coefficient (Wildman–Crippen LogP) is 2.22. The first kappa shape index (κ1) is 16.4. The number of ether oxygens (including phenoxy) is 1. The van der Waals surface area contributed by atoms with Crippen LogP contribution in [0.15, 0.2) is 24.3 Å². The maximum atomic E-state index is 14.1. The molecule has 128 valence electrons. The minimum Gasteiger partial charge on any atom is -0.462 e. The monoisotopic (exact) mass is 337 g/mol. The molecule has 0 saturated carbocycles. The summed E-state index contributed by atoms with van der Waals surface area (Å²) in [5.41, 5.74) is 1.34.